The summed E-state index contributed by atoms with van der Waals surface area (Å²) >= 11 is 0. The van der Waals surface area contributed by atoms with Crippen LogP contribution in [-0.4, -0.2) is 19.4 Å². The van der Waals surface area contributed by atoms with Crippen molar-refractivity contribution in [2.45, 2.75) is 26.7 Å². The summed E-state index contributed by atoms with van der Waals surface area (Å²) in [6.07, 6.45) is 2.19. The summed E-state index contributed by atoms with van der Waals surface area (Å²) in [6.45, 7) is 4.51. The van der Waals surface area contributed by atoms with E-state index in [1.165, 1.54) is 12.1 Å². The molecular formula is C20H21F2O4P. The highest BCUT2D eigenvalue weighted by molar-refractivity contribution is 7.23. The monoisotopic (exact) mass is 394 g/mol. The second-order valence-corrected chi connectivity index (χ2v) is 7.16. The number of ether oxygens (including phenoxy) is 2. The number of benzene rings is 2. The Morgan fingerprint density at radius 3 is 2.19 bits per heavy atom. The molecular weight excluding hydrogens is 373 g/mol. The third kappa shape index (κ3) is 4.06. The summed E-state index contributed by atoms with van der Waals surface area (Å²) in [5.41, 5.74) is -0.0877. The fraction of sp³-hybridized carbons (Fsp3) is 0.400. The van der Waals surface area contributed by atoms with Crippen LogP contribution >= 0.6 is 8.46 Å². The molecule has 0 aliphatic rings. The lowest BCUT2D eigenvalue weighted by atomic mass is 10.1. The average molecular weight is 394 g/mol. The van der Waals surface area contributed by atoms with Crippen LogP contribution in [0.15, 0.2) is 28.7 Å². The highest BCUT2D eigenvalue weighted by atomic mass is 31.1. The number of fused-ring (bicyclic) bond motifs is 3. The van der Waals surface area contributed by atoms with Crippen LogP contribution in [0.2, 0.25) is 0 Å². The van der Waals surface area contributed by atoms with Crippen LogP contribution in [0.5, 0.6) is 11.5 Å². The van der Waals surface area contributed by atoms with Gasteiger partial charge in [-0.1, -0.05) is 20.3 Å². The van der Waals surface area contributed by atoms with E-state index < -0.39 is 11.6 Å². The molecule has 0 amide bonds. The summed E-state index contributed by atoms with van der Waals surface area (Å²) in [7, 11) is 0.0250. The van der Waals surface area contributed by atoms with E-state index in [2.05, 4.69) is 0 Å². The van der Waals surface area contributed by atoms with Crippen molar-refractivity contribution in [3.8, 4) is 11.5 Å². The van der Waals surface area contributed by atoms with E-state index in [0.29, 0.717) is 23.5 Å². The van der Waals surface area contributed by atoms with Gasteiger partial charge in [-0.3, -0.25) is 4.57 Å². The van der Waals surface area contributed by atoms with Gasteiger partial charge in [-0.2, -0.15) is 8.78 Å². The molecule has 4 nitrogen and oxygen atoms in total. The molecule has 0 spiro atoms. The third-order valence-electron chi connectivity index (χ3n) is 4.28. The van der Waals surface area contributed by atoms with Gasteiger partial charge in [-0.05, 0) is 30.7 Å². The largest absolute Gasteiger partial charge is 0.490 e. The van der Waals surface area contributed by atoms with E-state index in [-0.39, 0.29) is 43.6 Å². The van der Waals surface area contributed by atoms with Crippen LogP contribution in [0, 0.1) is 17.6 Å². The highest BCUT2D eigenvalue weighted by Crippen LogP contribution is 2.38. The van der Waals surface area contributed by atoms with Crippen molar-refractivity contribution in [1.82, 2.24) is 0 Å². The first kappa shape index (κ1) is 19.6. The second kappa shape index (κ2) is 8.66. The van der Waals surface area contributed by atoms with Crippen molar-refractivity contribution in [2.75, 3.05) is 19.4 Å². The van der Waals surface area contributed by atoms with Gasteiger partial charge >= 0.3 is 0 Å². The van der Waals surface area contributed by atoms with Gasteiger partial charge in [-0.25, -0.2) is 0 Å². The van der Waals surface area contributed by atoms with Crippen molar-refractivity contribution in [2.24, 2.45) is 5.92 Å². The van der Waals surface area contributed by atoms with Gasteiger partial charge in [0, 0.05) is 22.9 Å². The summed E-state index contributed by atoms with van der Waals surface area (Å²) < 4.78 is 56.5. The first-order chi connectivity index (χ1) is 13.1. The minimum Gasteiger partial charge on any atom is -0.490 e. The lowest BCUT2D eigenvalue weighted by Crippen LogP contribution is -2.10. The standard InChI is InChI=1S/C20H21F2O4P/c1-3-4-9-24-15-7-5-13-14-6-8-16(25-10-12(2)11-27-23)18(22)20(14)26-19(13)17(15)21/h5-8,12H,3-4,9-11H2,1-2H3/t12-/m0/s1. The van der Waals surface area contributed by atoms with Crippen LogP contribution in [0.4, 0.5) is 8.78 Å². The minimum atomic E-state index is -0.677. The molecule has 1 atom stereocenters. The molecule has 0 N–H and O–H groups in total. The predicted octanol–water partition coefficient (Wildman–Crippen LogP) is 6.35. The van der Waals surface area contributed by atoms with Gasteiger partial charge in [-0.15, -0.1) is 0 Å². The van der Waals surface area contributed by atoms with Gasteiger partial charge in [0.15, 0.2) is 31.1 Å². The highest BCUT2D eigenvalue weighted by Gasteiger charge is 2.20. The van der Waals surface area contributed by atoms with Crippen molar-refractivity contribution >= 4 is 30.4 Å². The SMILES string of the molecule is CCCCOc1ccc2c(oc3c(F)c(OC[C@H](C)CP=O)ccc32)c1F. The minimum absolute atomic E-state index is 0.00945. The normalized spacial score (nSPS) is 12.7. The molecule has 1 heterocycles. The van der Waals surface area contributed by atoms with Gasteiger partial charge in [0.05, 0.1) is 13.2 Å². The summed E-state index contributed by atoms with van der Waals surface area (Å²) in [6, 6.07) is 6.35. The number of hydrogen-bond acceptors (Lipinski definition) is 4. The van der Waals surface area contributed by atoms with Crippen molar-refractivity contribution < 1.29 is 27.2 Å². The van der Waals surface area contributed by atoms with Gasteiger partial charge < -0.3 is 13.9 Å². The van der Waals surface area contributed by atoms with Gasteiger partial charge in [0.2, 0.25) is 11.6 Å². The van der Waals surface area contributed by atoms with Crippen LogP contribution in [0.3, 0.4) is 0 Å². The van der Waals surface area contributed by atoms with Crippen molar-refractivity contribution in [3.05, 3.63) is 35.9 Å². The van der Waals surface area contributed by atoms with E-state index in [1.807, 2.05) is 13.8 Å². The predicted molar refractivity (Wildman–Crippen MR) is 101 cm³/mol. The van der Waals surface area contributed by atoms with E-state index in [1.54, 1.807) is 12.1 Å². The Bertz CT molecular complexity index is 954. The van der Waals surface area contributed by atoms with Crippen LogP contribution < -0.4 is 9.47 Å². The number of furan rings is 1. The molecule has 0 radical (unpaired) electrons. The van der Waals surface area contributed by atoms with Crippen LogP contribution in [0.1, 0.15) is 26.7 Å². The molecule has 0 fully saturated rings. The zero-order chi connectivity index (χ0) is 19.4. The maximum Gasteiger partial charge on any atom is 0.208 e. The first-order valence-corrected chi connectivity index (χ1v) is 9.94. The maximum atomic E-state index is 14.8. The molecule has 27 heavy (non-hydrogen) atoms. The molecule has 0 unspecified atom stereocenters. The fourth-order valence-corrected chi connectivity index (χ4v) is 3.12. The van der Waals surface area contributed by atoms with Crippen LogP contribution in [0.25, 0.3) is 21.9 Å². The molecule has 7 heteroatoms. The molecule has 0 bridgehead atoms. The Balaban J connectivity index is 1.94. The summed E-state index contributed by atoms with van der Waals surface area (Å²) in [5.74, 6) is -1.18. The van der Waals surface area contributed by atoms with E-state index in [9.17, 15) is 13.3 Å². The number of hydrogen-bond donors (Lipinski definition) is 0. The van der Waals surface area contributed by atoms with Gasteiger partial charge in [0.25, 0.3) is 0 Å². The summed E-state index contributed by atoms with van der Waals surface area (Å²) in [4.78, 5) is 0. The van der Waals surface area contributed by atoms with Crippen LogP contribution in [-0.2, 0) is 4.57 Å². The number of rotatable bonds is 9. The zero-order valence-electron chi connectivity index (χ0n) is 15.3. The summed E-state index contributed by atoms with van der Waals surface area (Å²) in [5, 5.41) is 0.953. The van der Waals surface area contributed by atoms with Crippen molar-refractivity contribution in [3.63, 3.8) is 0 Å². The first-order valence-electron chi connectivity index (χ1n) is 8.94. The molecule has 0 saturated carbocycles. The molecule has 144 valence electrons. The average Bonchev–Trinajstić information content (AvgIpc) is 3.04. The number of unbranched alkanes of at least 4 members (excludes halogenated alkanes) is 1. The molecule has 1 aromatic heterocycles. The molecule has 0 aliphatic carbocycles. The van der Waals surface area contributed by atoms with E-state index in [0.717, 1.165) is 12.8 Å². The zero-order valence-corrected chi connectivity index (χ0v) is 16.2. The third-order valence-corrected chi connectivity index (χ3v) is 5.06. The Kier molecular flexibility index (Phi) is 6.27. The molecule has 3 rings (SSSR count). The Hall–Kier alpha value is -2.20. The number of halogens is 2. The lowest BCUT2D eigenvalue weighted by molar-refractivity contribution is 0.261. The molecule has 0 saturated heterocycles. The molecule has 3 aromatic rings. The maximum absolute atomic E-state index is 14.8. The Labute approximate surface area is 157 Å². The Morgan fingerprint density at radius 2 is 1.63 bits per heavy atom. The van der Waals surface area contributed by atoms with E-state index >= 15 is 0 Å². The topological polar surface area (TPSA) is 48.7 Å². The smallest absolute Gasteiger partial charge is 0.208 e. The van der Waals surface area contributed by atoms with E-state index in [4.69, 9.17) is 13.9 Å². The second-order valence-electron chi connectivity index (χ2n) is 6.54. The molecule has 0 aliphatic heterocycles. The molecule has 2 aromatic carbocycles. The quantitative estimate of drug-likeness (QED) is 0.313. The lowest BCUT2D eigenvalue weighted by Gasteiger charge is -2.10. The Morgan fingerprint density at radius 1 is 1.04 bits per heavy atom. The van der Waals surface area contributed by atoms with Gasteiger partial charge in [0.1, 0.15) is 0 Å². The van der Waals surface area contributed by atoms with Crippen molar-refractivity contribution in [1.29, 1.82) is 0 Å². The fourth-order valence-electron chi connectivity index (χ4n) is 2.76.